The highest BCUT2D eigenvalue weighted by Gasteiger charge is 2.42. The Labute approximate surface area is 221 Å². The molecule has 1 N–H and O–H groups in total. The number of hydrogen-bond acceptors (Lipinski definition) is 4. The molecular weight excluding hydrogens is 490 g/mol. The molecule has 5 rings (SSSR count). The molecule has 0 spiro atoms. The molecule has 2 aromatic carbocycles. The van der Waals surface area contributed by atoms with Crippen LogP contribution in [-0.2, 0) is 14.4 Å². The van der Waals surface area contributed by atoms with Crippen molar-refractivity contribution in [1.29, 1.82) is 0 Å². The first-order valence-corrected chi connectivity index (χ1v) is 13.1. The summed E-state index contributed by atoms with van der Waals surface area (Å²) in [6.07, 6.45) is 3.60. The van der Waals surface area contributed by atoms with E-state index in [1.807, 2.05) is 36.4 Å². The second-order valence-electron chi connectivity index (χ2n) is 10.2. The van der Waals surface area contributed by atoms with Crippen LogP contribution in [0.25, 0.3) is 5.57 Å². The topological polar surface area (TPSA) is 73.0 Å². The van der Waals surface area contributed by atoms with E-state index in [2.05, 4.69) is 5.32 Å². The zero-order chi connectivity index (χ0) is 26.8. The van der Waals surface area contributed by atoms with E-state index in [-0.39, 0.29) is 42.3 Å². The number of carbonyl (C=O) groups excluding carboxylic acids is 3. The van der Waals surface area contributed by atoms with Crippen LogP contribution >= 0.6 is 0 Å². The molecule has 0 bridgehead atoms. The van der Waals surface area contributed by atoms with Crippen molar-refractivity contribution < 1.29 is 23.2 Å². The lowest BCUT2D eigenvalue weighted by Gasteiger charge is -2.35. The fourth-order valence-electron chi connectivity index (χ4n) is 5.32. The third kappa shape index (κ3) is 5.62. The third-order valence-electron chi connectivity index (χ3n) is 7.64. The molecular formula is C29H32F2N4O3. The summed E-state index contributed by atoms with van der Waals surface area (Å²) in [4.78, 5) is 43.6. The minimum Gasteiger partial charge on any atom is -0.339 e. The summed E-state index contributed by atoms with van der Waals surface area (Å²) in [6, 6.07) is 11.8. The number of nitrogens with zero attached hydrogens (tertiary/aromatic N) is 3. The normalized spacial score (nSPS) is 20.3. The minimum atomic E-state index is -0.547. The summed E-state index contributed by atoms with van der Waals surface area (Å²) in [6.45, 7) is 3.64. The average Bonchev–Trinajstić information content (AvgIpc) is 3.67. The second-order valence-corrected chi connectivity index (χ2v) is 10.2. The smallest absolute Gasteiger partial charge is 0.241 e. The first-order chi connectivity index (χ1) is 18.3. The summed E-state index contributed by atoms with van der Waals surface area (Å²) >= 11 is 0. The average molecular weight is 523 g/mol. The fourth-order valence-corrected chi connectivity index (χ4v) is 5.32. The Morgan fingerprint density at radius 3 is 2.32 bits per heavy atom. The molecule has 2 fully saturated rings. The lowest BCUT2D eigenvalue weighted by molar-refractivity contribution is -0.139. The SMILES string of the molecule is CC(=O)N1CCN(C(=O)CN[C@H](C(=O)N2CC(c3cc(F)ccc3F)=C[C@H]2c2ccccc2)C2CC2)CC1. The van der Waals surface area contributed by atoms with Gasteiger partial charge in [0.25, 0.3) is 0 Å². The van der Waals surface area contributed by atoms with Crippen molar-refractivity contribution in [2.75, 3.05) is 39.3 Å². The Kier molecular flexibility index (Phi) is 7.56. The van der Waals surface area contributed by atoms with Crippen molar-refractivity contribution in [3.05, 3.63) is 77.4 Å². The molecule has 0 radical (unpaired) electrons. The Morgan fingerprint density at radius 1 is 0.974 bits per heavy atom. The number of rotatable bonds is 7. The van der Waals surface area contributed by atoms with Crippen LogP contribution in [0.4, 0.5) is 8.78 Å². The first-order valence-electron chi connectivity index (χ1n) is 13.1. The predicted molar refractivity (Wildman–Crippen MR) is 139 cm³/mol. The molecule has 2 atom stereocenters. The zero-order valence-corrected chi connectivity index (χ0v) is 21.4. The molecule has 0 aromatic heterocycles. The minimum absolute atomic E-state index is 0.000646. The van der Waals surface area contributed by atoms with Gasteiger partial charge in [0.1, 0.15) is 11.6 Å². The van der Waals surface area contributed by atoms with Gasteiger partial charge in [0, 0.05) is 45.2 Å². The molecule has 2 heterocycles. The molecule has 1 aliphatic carbocycles. The van der Waals surface area contributed by atoms with Gasteiger partial charge in [-0.1, -0.05) is 36.4 Å². The Morgan fingerprint density at radius 2 is 1.66 bits per heavy atom. The number of halogens is 2. The highest BCUT2D eigenvalue weighted by molar-refractivity contribution is 5.88. The number of carbonyl (C=O) groups is 3. The first kappa shape index (κ1) is 26.0. The van der Waals surface area contributed by atoms with Crippen molar-refractivity contribution >= 4 is 23.3 Å². The fraction of sp³-hybridized carbons (Fsp3) is 0.414. The molecule has 7 nitrogen and oxygen atoms in total. The van der Waals surface area contributed by atoms with Crippen LogP contribution in [0, 0.1) is 17.6 Å². The standard InChI is InChI=1S/C29H32F2N4O3/c1-19(36)33-11-13-34(14-12-33)27(37)17-32-28(21-7-8-21)29(38)35-18-22(24-16-23(30)9-10-25(24)31)15-26(35)20-5-3-2-4-6-20/h2-6,9-10,15-16,21,26,28,32H,7-8,11-14,17-18H2,1H3/t26-,28-/m0/s1. The second kappa shape index (κ2) is 11.0. The number of benzene rings is 2. The van der Waals surface area contributed by atoms with Gasteiger partial charge in [-0.2, -0.15) is 0 Å². The van der Waals surface area contributed by atoms with Crippen LogP contribution in [0.3, 0.4) is 0 Å². The summed E-state index contributed by atoms with van der Waals surface area (Å²) in [5.41, 5.74) is 1.58. The molecule has 9 heteroatoms. The van der Waals surface area contributed by atoms with E-state index in [0.29, 0.717) is 31.8 Å². The van der Waals surface area contributed by atoms with Crippen LogP contribution in [0.15, 0.2) is 54.6 Å². The van der Waals surface area contributed by atoms with E-state index in [9.17, 15) is 23.2 Å². The summed E-state index contributed by atoms with van der Waals surface area (Å²) in [7, 11) is 0. The van der Waals surface area contributed by atoms with Gasteiger partial charge in [0.15, 0.2) is 0 Å². The van der Waals surface area contributed by atoms with E-state index >= 15 is 0 Å². The molecule has 3 aliphatic rings. The number of amides is 3. The van der Waals surface area contributed by atoms with Crippen LogP contribution < -0.4 is 5.32 Å². The maximum absolute atomic E-state index is 14.6. The molecule has 0 unspecified atom stereocenters. The van der Waals surface area contributed by atoms with Gasteiger partial charge in [-0.15, -0.1) is 0 Å². The molecule has 2 aromatic rings. The summed E-state index contributed by atoms with van der Waals surface area (Å²) in [5, 5.41) is 3.22. The highest BCUT2D eigenvalue weighted by atomic mass is 19.1. The predicted octanol–water partition coefficient (Wildman–Crippen LogP) is 2.99. The van der Waals surface area contributed by atoms with Crippen molar-refractivity contribution in [2.45, 2.75) is 31.8 Å². The molecule has 200 valence electrons. The highest BCUT2D eigenvalue weighted by Crippen LogP contribution is 2.39. The van der Waals surface area contributed by atoms with Crippen LogP contribution in [-0.4, -0.2) is 77.7 Å². The number of piperazine rings is 1. The van der Waals surface area contributed by atoms with Gasteiger partial charge < -0.3 is 14.7 Å². The molecule has 2 aliphatic heterocycles. The zero-order valence-electron chi connectivity index (χ0n) is 21.4. The van der Waals surface area contributed by atoms with Crippen molar-refractivity contribution in [2.24, 2.45) is 5.92 Å². The van der Waals surface area contributed by atoms with E-state index in [1.165, 1.54) is 13.0 Å². The van der Waals surface area contributed by atoms with Gasteiger partial charge in [-0.25, -0.2) is 8.78 Å². The van der Waals surface area contributed by atoms with Gasteiger partial charge in [0.2, 0.25) is 17.7 Å². The molecule has 1 saturated heterocycles. The molecule has 3 amide bonds. The Hall–Kier alpha value is -3.59. The maximum Gasteiger partial charge on any atom is 0.241 e. The Balaban J connectivity index is 1.31. The van der Waals surface area contributed by atoms with E-state index in [4.69, 9.17) is 0 Å². The van der Waals surface area contributed by atoms with Crippen molar-refractivity contribution in [1.82, 2.24) is 20.0 Å². The lowest BCUT2D eigenvalue weighted by Crippen LogP contribution is -2.54. The van der Waals surface area contributed by atoms with Gasteiger partial charge in [-0.3, -0.25) is 19.7 Å². The number of hydrogen-bond donors (Lipinski definition) is 1. The van der Waals surface area contributed by atoms with Gasteiger partial charge in [0.05, 0.1) is 18.6 Å². The quantitative estimate of drug-likeness (QED) is 0.607. The summed E-state index contributed by atoms with van der Waals surface area (Å²) < 4.78 is 28.6. The number of nitrogens with one attached hydrogen (secondary N) is 1. The molecule has 1 saturated carbocycles. The third-order valence-corrected chi connectivity index (χ3v) is 7.64. The Bertz CT molecular complexity index is 1240. The van der Waals surface area contributed by atoms with Crippen LogP contribution in [0.2, 0.25) is 0 Å². The maximum atomic E-state index is 14.6. The van der Waals surface area contributed by atoms with Gasteiger partial charge >= 0.3 is 0 Å². The van der Waals surface area contributed by atoms with E-state index in [0.717, 1.165) is 30.5 Å². The van der Waals surface area contributed by atoms with E-state index < -0.39 is 23.7 Å². The monoisotopic (exact) mass is 522 g/mol. The molecule has 38 heavy (non-hydrogen) atoms. The lowest BCUT2D eigenvalue weighted by atomic mass is 10.0. The van der Waals surface area contributed by atoms with Gasteiger partial charge in [-0.05, 0) is 48.1 Å². The largest absolute Gasteiger partial charge is 0.339 e. The van der Waals surface area contributed by atoms with Crippen LogP contribution in [0.1, 0.15) is 36.9 Å². The van der Waals surface area contributed by atoms with Crippen molar-refractivity contribution in [3.63, 3.8) is 0 Å². The van der Waals surface area contributed by atoms with E-state index in [1.54, 1.807) is 14.7 Å². The van der Waals surface area contributed by atoms with Crippen molar-refractivity contribution in [3.8, 4) is 0 Å². The summed E-state index contributed by atoms with van der Waals surface area (Å²) in [5.74, 6) is -1.21. The van der Waals surface area contributed by atoms with Crippen LogP contribution in [0.5, 0.6) is 0 Å².